The van der Waals surface area contributed by atoms with Crippen LogP contribution < -0.4 is 5.32 Å². The molecule has 3 heteroatoms. The van der Waals surface area contributed by atoms with E-state index in [0.717, 1.165) is 25.8 Å². The number of aliphatic hydroxyl groups excluding tert-OH is 1. The van der Waals surface area contributed by atoms with Crippen LogP contribution in [-0.4, -0.2) is 37.5 Å². The fraction of sp³-hybridized carbons (Fsp3) is 0.846. The van der Waals surface area contributed by atoms with Crippen molar-refractivity contribution in [2.45, 2.75) is 39.2 Å². The normalized spacial score (nSPS) is 12.7. The quantitative estimate of drug-likeness (QED) is 0.438. The molecule has 0 rings (SSSR count). The molecule has 0 aliphatic rings. The Hall–Kier alpha value is -0.560. The Kier molecular flexibility index (Phi) is 10.6. The van der Waals surface area contributed by atoms with Gasteiger partial charge in [0, 0.05) is 19.6 Å². The molecule has 0 aromatic carbocycles. The van der Waals surface area contributed by atoms with Gasteiger partial charge >= 0.3 is 0 Å². The first kappa shape index (κ1) is 15.4. The highest BCUT2D eigenvalue weighted by atomic mass is 16.5. The van der Waals surface area contributed by atoms with Crippen LogP contribution in [0.1, 0.15) is 33.1 Å². The molecule has 94 valence electrons. The fourth-order valence-electron chi connectivity index (χ4n) is 1.24. The maximum atomic E-state index is 9.54. The molecule has 0 aliphatic carbocycles. The van der Waals surface area contributed by atoms with Gasteiger partial charge in [0.05, 0.1) is 12.7 Å². The van der Waals surface area contributed by atoms with Gasteiger partial charge in [0.15, 0.2) is 0 Å². The predicted molar refractivity (Wildman–Crippen MR) is 67.2 cm³/mol. The molecule has 0 saturated heterocycles. The Morgan fingerprint density at radius 1 is 1.31 bits per heavy atom. The summed E-state index contributed by atoms with van der Waals surface area (Å²) < 4.78 is 5.34. The van der Waals surface area contributed by atoms with Crippen LogP contribution in [0.5, 0.6) is 0 Å². The average molecular weight is 227 g/mol. The number of terminal acetylenes is 1. The topological polar surface area (TPSA) is 41.5 Å². The van der Waals surface area contributed by atoms with Crippen LogP contribution in [0.15, 0.2) is 0 Å². The van der Waals surface area contributed by atoms with Gasteiger partial charge in [-0.2, -0.15) is 0 Å². The molecule has 0 saturated carbocycles. The van der Waals surface area contributed by atoms with E-state index in [4.69, 9.17) is 11.2 Å². The van der Waals surface area contributed by atoms with E-state index in [2.05, 4.69) is 25.1 Å². The van der Waals surface area contributed by atoms with Crippen molar-refractivity contribution in [3.05, 3.63) is 0 Å². The van der Waals surface area contributed by atoms with E-state index in [9.17, 15) is 5.11 Å². The molecule has 0 radical (unpaired) electrons. The van der Waals surface area contributed by atoms with Crippen molar-refractivity contribution >= 4 is 0 Å². The van der Waals surface area contributed by atoms with Crippen LogP contribution in [0.2, 0.25) is 0 Å². The molecule has 0 bridgehead atoms. The molecule has 1 atom stereocenters. The van der Waals surface area contributed by atoms with E-state index in [1.165, 1.54) is 0 Å². The van der Waals surface area contributed by atoms with E-state index >= 15 is 0 Å². The minimum atomic E-state index is -0.411. The standard InChI is InChI=1S/C13H25NO2/c1-4-5-6-7-8-14-9-13(15)11-16-10-12(2)3/h1,12-15H,5-11H2,2-3H3. The molecule has 0 aliphatic heterocycles. The molecule has 0 spiro atoms. The molecule has 1 unspecified atom stereocenters. The zero-order chi connectivity index (χ0) is 12.2. The summed E-state index contributed by atoms with van der Waals surface area (Å²) in [5, 5.41) is 12.7. The van der Waals surface area contributed by atoms with Gasteiger partial charge in [0.25, 0.3) is 0 Å². The molecular formula is C13H25NO2. The molecule has 3 nitrogen and oxygen atoms in total. The summed E-state index contributed by atoms with van der Waals surface area (Å²) >= 11 is 0. The zero-order valence-corrected chi connectivity index (χ0v) is 10.5. The summed E-state index contributed by atoms with van der Waals surface area (Å²) in [4.78, 5) is 0. The van der Waals surface area contributed by atoms with Gasteiger partial charge in [0.1, 0.15) is 0 Å². The van der Waals surface area contributed by atoms with Crippen molar-refractivity contribution in [3.63, 3.8) is 0 Å². The van der Waals surface area contributed by atoms with Gasteiger partial charge in [-0.25, -0.2) is 0 Å². The van der Waals surface area contributed by atoms with Crippen molar-refractivity contribution in [1.29, 1.82) is 0 Å². The van der Waals surface area contributed by atoms with Crippen molar-refractivity contribution in [3.8, 4) is 12.3 Å². The summed E-state index contributed by atoms with van der Waals surface area (Å²) in [6, 6.07) is 0. The van der Waals surface area contributed by atoms with Crippen LogP contribution >= 0.6 is 0 Å². The van der Waals surface area contributed by atoms with Crippen molar-refractivity contribution in [2.75, 3.05) is 26.3 Å². The molecule has 0 fully saturated rings. The van der Waals surface area contributed by atoms with E-state index in [0.29, 0.717) is 25.7 Å². The Bertz CT molecular complexity index is 187. The predicted octanol–water partition coefficient (Wildman–Crippen LogP) is 1.41. The van der Waals surface area contributed by atoms with Crippen LogP contribution in [0.3, 0.4) is 0 Å². The first-order valence-electron chi connectivity index (χ1n) is 6.06. The second kappa shape index (κ2) is 10.9. The molecule has 16 heavy (non-hydrogen) atoms. The first-order valence-corrected chi connectivity index (χ1v) is 6.06. The van der Waals surface area contributed by atoms with E-state index in [1.807, 2.05) is 0 Å². The number of unbranched alkanes of at least 4 members (excludes halogenated alkanes) is 2. The molecular weight excluding hydrogens is 202 g/mol. The van der Waals surface area contributed by atoms with Crippen LogP contribution in [0.25, 0.3) is 0 Å². The lowest BCUT2D eigenvalue weighted by Crippen LogP contribution is -2.31. The number of ether oxygens (including phenoxy) is 1. The Morgan fingerprint density at radius 3 is 2.69 bits per heavy atom. The highest BCUT2D eigenvalue weighted by Crippen LogP contribution is 1.94. The van der Waals surface area contributed by atoms with Gasteiger partial charge in [-0.15, -0.1) is 12.3 Å². The van der Waals surface area contributed by atoms with Crippen molar-refractivity contribution in [2.24, 2.45) is 5.92 Å². The van der Waals surface area contributed by atoms with E-state index in [-0.39, 0.29) is 0 Å². The minimum Gasteiger partial charge on any atom is -0.389 e. The minimum absolute atomic E-state index is 0.411. The number of hydrogen-bond donors (Lipinski definition) is 2. The highest BCUT2D eigenvalue weighted by molar-refractivity contribution is 4.82. The number of hydrogen-bond acceptors (Lipinski definition) is 3. The molecule has 2 N–H and O–H groups in total. The van der Waals surface area contributed by atoms with Gasteiger partial charge in [-0.3, -0.25) is 0 Å². The van der Waals surface area contributed by atoms with E-state index in [1.54, 1.807) is 0 Å². The Morgan fingerprint density at radius 2 is 2.06 bits per heavy atom. The second-order valence-electron chi connectivity index (χ2n) is 4.45. The Balaban J connectivity index is 3.18. The van der Waals surface area contributed by atoms with Crippen LogP contribution in [-0.2, 0) is 4.74 Å². The summed E-state index contributed by atoms with van der Waals surface area (Å²) in [7, 11) is 0. The number of rotatable bonds is 10. The third kappa shape index (κ3) is 11.5. The largest absolute Gasteiger partial charge is 0.389 e. The van der Waals surface area contributed by atoms with E-state index < -0.39 is 6.10 Å². The smallest absolute Gasteiger partial charge is 0.0897 e. The van der Waals surface area contributed by atoms with Gasteiger partial charge in [0.2, 0.25) is 0 Å². The molecule has 0 aromatic heterocycles. The lowest BCUT2D eigenvalue weighted by Gasteiger charge is -2.13. The zero-order valence-electron chi connectivity index (χ0n) is 10.5. The summed E-state index contributed by atoms with van der Waals surface area (Å²) in [6.07, 6.45) is 7.67. The third-order valence-electron chi connectivity index (χ3n) is 2.07. The Labute approximate surface area is 99.6 Å². The third-order valence-corrected chi connectivity index (χ3v) is 2.07. The number of aliphatic hydroxyl groups is 1. The lowest BCUT2D eigenvalue weighted by atomic mass is 10.2. The lowest BCUT2D eigenvalue weighted by molar-refractivity contribution is 0.0262. The molecule has 0 aromatic rings. The van der Waals surface area contributed by atoms with Gasteiger partial charge in [-0.1, -0.05) is 13.8 Å². The fourth-order valence-corrected chi connectivity index (χ4v) is 1.24. The summed E-state index contributed by atoms with van der Waals surface area (Å²) in [5.74, 6) is 3.13. The maximum Gasteiger partial charge on any atom is 0.0897 e. The van der Waals surface area contributed by atoms with Crippen LogP contribution in [0.4, 0.5) is 0 Å². The van der Waals surface area contributed by atoms with Gasteiger partial charge in [-0.05, 0) is 25.3 Å². The maximum absolute atomic E-state index is 9.54. The number of nitrogens with one attached hydrogen (secondary N) is 1. The summed E-state index contributed by atoms with van der Waals surface area (Å²) in [6.45, 7) is 6.80. The summed E-state index contributed by atoms with van der Waals surface area (Å²) in [5.41, 5.74) is 0. The SMILES string of the molecule is C#CCCCCNCC(O)COCC(C)C. The molecule has 0 heterocycles. The van der Waals surface area contributed by atoms with Crippen LogP contribution in [0, 0.1) is 18.3 Å². The second-order valence-corrected chi connectivity index (χ2v) is 4.45. The van der Waals surface area contributed by atoms with Crippen molar-refractivity contribution < 1.29 is 9.84 Å². The first-order chi connectivity index (χ1) is 7.66. The highest BCUT2D eigenvalue weighted by Gasteiger charge is 2.03. The monoisotopic (exact) mass is 227 g/mol. The average Bonchev–Trinajstić information content (AvgIpc) is 2.22. The van der Waals surface area contributed by atoms with Gasteiger partial charge < -0.3 is 15.2 Å². The molecule has 0 amide bonds. The van der Waals surface area contributed by atoms with Crippen molar-refractivity contribution in [1.82, 2.24) is 5.32 Å².